The predicted octanol–water partition coefficient (Wildman–Crippen LogP) is 4.89. The van der Waals surface area contributed by atoms with Crippen LogP contribution in [-0.4, -0.2) is 40.0 Å². The Morgan fingerprint density at radius 2 is 1.74 bits per heavy atom. The molecule has 0 saturated heterocycles. The maximum Gasteiger partial charge on any atom is 0.249 e. The van der Waals surface area contributed by atoms with Gasteiger partial charge in [0.1, 0.15) is 23.9 Å². The predicted molar refractivity (Wildman–Crippen MR) is 147 cm³/mol. The molecule has 3 aromatic carbocycles. The van der Waals surface area contributed by atoms with Gasteiger partial charge in [0.05, 0.1) is 18.3 Å². The first-order valence-electron chi connectivity index (χ1n) is 13.1. The zero-order valence-corrected chi connectivity index (χ0v) is 22.1. The molecule has 1 fully saturated rings. The molecule has 1 N–H and O–H groups in total. The molecule has 1 aromatic heterocycles. The van der Waals surface area contributed by atoms with Gasteiger partial charge in [-0.05, 0) is 67.6 Å². The molecule has 0 unspecified atom stereocenters. The third-order valence-corrected chi connectivity index (χ3v) is 7.27. The van der Waals surface area contributed by atoms with Gasteiger partial charge < -0.3 is 10.1 Å². The summed E-state index contributed by atoms with van der Waals surface area (Å²) in [7, 11) is 1.59. The van der Waals surface area contributed by atoms with Crippen molar-refractivity contribution in [3.05, 3.63) is 83.4 Å². The molecular weight excluding hydrogens is 478 g/mol. The smallest absolute Gasteiger partial charge is 0.249 e. The van der Waals surface area contributed by atoms with Gasteiger partial charge in [0, 0.05) is 6.04 Å². The summed E-state index contributed by atoms with van der Waals surface area (Å²) in [5.41, 5.74) is 4.68. The number of fused-ring (bicyclic) bond motifs is 1. The summed E-state index contributed by atoms with van der Waals surface area (Å²) in [6.07, 6.45) is 4.07. The molecule has 38 heavy (non-hydrogen) atoms. The van der Waals surface area contributed by atoms with Gasteiger partial charge >= 0.3 is 0 Å². The Morgan fingerprint density at radius 1 is 1.03 bits per heavy atom. The minimum absolute atomic E-state index is 0.0640. The van der Waals surface area contributed by atoms with Gasteiger partial charge in [-0.15, -0.1) is 5.10 Å². The molecule has 4 aromatic rings. The molecule has 0 bridgehead atoms. The standard InChI is InChI=1S/C30H33N5O3/c1-20-10-8-11-21(2)28(20)35(27(36)19-34-26-17-7-6-16-25(26)32-33-34)29(22-12-9-15-24(18-22)38-3)30(37)31-23-13-4-5-14-23/h6-12,15-18,23,29H,4-5,13-14,19H2,1-3H3,(H,31,37)/t29-/m0/s1. The van der Waals surface area contributed by atoms with Crippen molar-refractivity contribution >= 4 is 28.5 Å². The Kier molecular flexibility index (Phi) is 7.40. The van der Waals surface area contributed by atoms with Crippen molar-refractivity contribution in [2.45, 2.75) is 58.2 Å². The van der Waals surface area contributed by atoms with E-state index < -0.39 is 6.04 Å². The lowest BCUT2D eigenvalue weighted by Crippen LogP contribution is -2.47. The van der Waals surface area contributed by atoms with Crippen LogP contribution in [0.25, 0.3) is 11.0 Å². The number of hydrogen-bond donors (Lipinski definition) is 1. The van der Waals surface area contributed by atoms with E-state index in [1.165, 1.54) is 0 Å². The van der Waals surface area contributed by atoms with Gasteiger partial charge in [0.15, 0.2) is 0 Å². The van der Waals surface area contributed by atoms with Crippen molar-refractivity contribution in [2.24, 2.45) is 0 Å². The molecular formula is C30H33N5O3. The van der Waals surface area contributed by atoms with Crippen molar-refractivity contribution in [1.29, 1.82) is 0 Å². The van der Waals surface area contributed by atoms with Crippen molar-refractivity contribution in [3.63, 3.8) is 0 Å². The highest BCUT2D eigenvalue weighted by Gasteiger charge is 2.36. The maximum absolute atomic E-state index is 14.3. The summed E-state index contributed by atoms with van der Waals surface area (Å²) in [6.45, 7) is 3.86. The van der Waals surface area contributed by atoms with Crippen LogP contribution in [-0.2, 0) is 16.1 Å². The lowest BCUT2D eigenvalue weighted by molar-refractivity contribution is -0.127. The van der Waals surface area contributed by atoms with Crippen LogP contribution in [0.4, 0.5) is 5.69 Å². The van der Waals surface area contributed by atoms with Gasteiger partial charge in [-0.2, -0.15) is 0 Å². The van der Waals surface area contributed by atoms with Crippen LogP contribution >= 0.6 is 0 Å². The Balaban J connectivity index is 1.63. The number of methoxy groups -OCH3 is 1. The third-order valence-electron chi connectivity index (χ3n) is 7.27. The molecule has 1 heterocycles. The van der Waals surface area contributed by atoms with Gasteiger partial charge in [0.2, 0.25) is 11.8 Å². The molecule has 8 heteroatoms. The molecule has 0 aliphatic heterocycles. The number of carbonyl (C=O) groups excluding carboxylic acids is 2. The summed E-state index contributed by atoms with van der Waals surface area (Å²) in [4.78, 5) is 30.0. The molecule has 8 nitrogen and oxygen atoms in total. The number of amides is 2. The highest BCUT2D eigenvalue weighted by atomic mass is 16.5. The van der Waals surface area contributed by atoms with Crippen LogP contribution in [0.2, 0.25) is 0 Å². The van der Waals surface area contributed by atoms with E-state index in [1.54, 1.807) is 16.7 Å². The minimum Gasteiger partial charge on any atom is -0.497 e. The van der Waals surface area contributed by atoms with E-state index in [2.05, 4.69) is 15.6 Å². The number of hydrogen-bond acceptors (Lipinski definition) is 5. The Bertz CT molecular complexity index is 1440. The number of nitrogens with zero attached hydrogens (tertiary/aromatic N) is 4. The zero-order chi connectivity index (χ0) is 26.6. The minimum atomic E-state index is -0.896. The van der Waals surface area contributed by atoms with E-state index in [4.69, 9.17) is 4.74 Å². The number of aromatic nitrogens is 3. The van der Waals surface area contributed by atoms with E-state index in [9.17, 15) is 9.59 Å². The quantitative estimate of drug-likeness (QED) is 0.364. The molecule has 196 valence electrons. The monoisotopic (exact) mass is 511 g/mol. The fourth-order valence-electron chi connectivity index (χ4n) is 5.40. The van der Waals surface area contributed by atoms with E-state index >= 15 is 0 Å². The molecule has 1 atom stereocenters. The van der Waals surface area contributed by atoms with Gasteiger partial charge in [-0.1, -0.05) is 60.5 Å². The number of para-hydroxylation sites is 2. The highest BCUT2D eigenvalue weighted by Crippen LogP contribution is 2.35. The third kappa shape index (κ3) is 5.11. The van der Waals surface area contributed by atoms with Crippen LogP contribution in [0, 0.1) is 13.8 Å². The number of benzene rings is 3. The topological polar surface area (TPSA) is 89.4 Å². The van der Waals surface area contributed by atoms with Crippen molar-refractivity contribution in [1.82, 2.24) is 20.3 Å². The first kappa shape index (κ1) is 25.4. The summed E-state index contributed by atoms with van der Waals surface area (Å²) in [5.74, 6) is 0.161. The number of rotatable bonds is 8. The second-order valence-corrected chi connectivity index (χ2v) is 9.91. The fourth-order valence-corrected chi connectivity index (χ4v) is 5.40. The Labute approximate surface area is 222 Å². The van der Waals surface area contributed by atoms with Gasteiger partial charge in [-0.3, -0.25) is 14.5 Å². The molecule has 5 rings (SSSR count). The largest absolute Gasteiger partial charge is 0.497 e. The maximum atomic E-state index is 14.3. The van der Waals surface area contributed by atoms with Crippen LogP contribution in [0.15, 0.2) is 66.7 Å². The van der Waals surface area contributed by atoms with Gasteiger partial charge in [-0.25, -0.2) is 4.68 Å². The molecule has 0 radical (unpaired) electrons. The van der Waals surface area contributed by atoms with E-state index in [0.29, 0.717) is 16.8 Å². The van der Waals surface area contributed by atoms with Crippen LogP contribution < -0.4 is 15.0 Å². The number of ether oxygens (including phenoxy) is 1. The average molecular weight is 512 g/mol. The first-order chi connectivity index (χ1) is 18.5. The number of carbonyl (C=O) groups is 2. The Morgan fingerprint density at radius 3 is 2.47 bits per heavy atom. The lowest BCUT2D eigenvalue weighted by Gasteiger charge is -2.34. The fraction of sp³-hybridized carbons (Fsp3) is 0.333. The molecule has 1 aliphatic rings. The summed E-state index contributed by atoms with van der Waals surface area (Å²) in [6, 6.07) is 20.0. The van der Waals surface area contributed by atoms with Crippen molar-refractivity contribution in [2.75, 3.05) is 12.0 Å². The Hall–Kier alpha value is -4.20. The summed E-state index contributed by atoms with van der Waals surface area (Å²) < 4.78 is 7.08. The lowest BCUT2D eigenvalue weighted by atomic mass is 9.99. The second-order valence-electron chi connectivity index (χ2n) is 9.91. The van der Waals surface area contributed by atoms with Crippen molar-refractivity contribution in [3.8, 4) is 5.75 Å². The van der Waals surface area contributed by atoms with E-state index in [-0.39, 0.29) is 24.4 Å². The van der Waals surface area contributed by atoms with E-state index in [0.717, 1.165) is 48.0 Å². The molecule has 0 spiro atoms. The highest BCUT2D eigenvalue weighted by molar-refractivity contribution is 6.02. The SMILES string of the molecule is COc1cccc([C@@H](C(=O)NC2CCCC2)N(C(=O)Cn2nnc3ccccc32)c2c(C)cccc2C)c1. The second kappa shape index (κ2) is 11.0. The number of nitrogens with one attached hydrogen (secondary N) is 1. The molecule has 1 aliphatic carbocycles. The number of anilines is 1. The molecule has 2 amide bonds. The normalized spacial score (nSPS) is 14.4. The van der Waals surface area contributed by atoms with Gasteiger partial charge in [0.25, 0.3) is 0 Å². The van der Waals surface area contributed by atoms with Crippen LogP contribution in [0.5, 0.6) is 5.75 Å². The van der Waals surface area contributed by atoms with Crippen LogP contribution in [0.1, 0.15) is 48.4 Å². The first-order valence-corrected chi connectivity index (χ1v) is 13.1. The average Bonchev–Trinajstić information content (AvgIpc) is 3.58. The number of aryl methyl sites for hydroxylation is 2. The van der Waals surface area contributed by atoms with E-state index in [1.807, 2.05) is 80.6 Å². The van der Waals surface area contributed by atoms with Crippen molar-refractivity contribution < 1.29 is 14.3 Å². The zero-order valence-electron chi connectivity index (χ0n) is 22.1. The summed E-state index contributed by atoms with van der Waals surface area (Å²) in [5, 5.41) is 11.7. The van der Waals surface area contributed by atoms with Crippen LogP contribution in [0.3, 0.4) is 0 Å². The summed E-state index contributed by atoms with van der Waals surface area (Å²) >= 11 is 0. The molecule has 1 saturated carbocycles.